The summed E-state index contributed by atoms with van der Waals surface area (Å²) >= 11 is 0. The summed E-state index contributed by atoms with van der Waals surface area (Å²) in [6.07, 6.45) is 9.51. The minimum Gasteiger partial charge on any atom is -0.366 e. The van der Waals surface area contributed by atoms with Gasteiger partial charge in [0.25, 0.3) is 5.91 Å². The van der Waals surface area contributed by atoms with Crippen LogP contribution in [-0.4, -0.2) is 39.7 Å². The van der Waals surface area contributed by atoms with Crippen LogP contribution in [0.4, 0.5) is 4.39 Å². The Balaban J connectivity index is 1.58. The van der Waals surface area contributed by atoms with Crippen molar-refractivity contribution in [2.75, 3.05) is 13.1 Å². The topological polar surface area (TPSA) is 64.2 Å². The van der Waals surface area contributed by atoms with Crippen LogP contribution in [0.5, 0.6) is 0 Å². The van der Waals surface area contributed by atoms with E-state index in [4.69, 9.17) is 5.73 Å². The van der Waals surface area contributed by atoms with Gasteiger partial charge in [0.1, 0.15) is 11.3 Å². The van der Waals surface area contributed by atoms with Gasteiger partial charge in [-0.1, -0.05) is 19.3 Å². The molecule has 2 aliphatic rings. The van der Waals surface area contributed by atoms with E-state index >= 15 is 0 Å². The second-order valence-electron chi connectivity index (χ2n) is 7.09. The summed E-state index contributed by atoms with van der Waals surface area (Å²) in [5.41, 5.74) is 6.03. The fraction of sp³-hybridized carbons (Fsp3) is 0.556. The number of benzene rings is 1. The third-order valence-electron chi connectivity index (χ3n) is 5.52. The zero-order valence-electron chi connectivity index (χ0n) is 13.7. The number of aromatic nitrogens is 2. The van der Waals surface area contributed by atoms with Crippen molar-refractivity contribution in [2.24, 2.45) is 5.73 Å². The molecule has 1 saturated heterocycles. The monoisotopic (exact) mass is 330 g/mol. The lowest BCUT2D eigenvalue weighted by molar-refractivity contribution is 0.100. The molecule has 1 atom stereocenters. The summed E-state index contributed by atoms with van der Waals surface area (Å²) in [5, 5.41) is 5.20. The molecule has 1 aromatic heterocycles. The quantitative estimate of drug-likeness (QED) is 0.941. The summed E-state index contributed by atoms with van der Waals surface area (Å²) in [6.45, 7) is 2.07. The Labute approximate surface area is 140 Å². The van der Waals surface area contributed by atoms with Crippen LogP contribution >= 0.6 is 0 Å². The molecule has 2 fully saturated rings. The van der Waals surface area contributed by atoms with E-state index < -0.39 is 11.7 Å². The van der Waals surface area contributed by atoms with Crippen molar-refractivity contribution >= 4 is 16.8 Å². The number of rotatable bonds is 3. The number of hydrogen-bond acceptors (Lipinski definition) is 3. The van der Waals surface area contributed by atoms with Crippen LogP contribution in [-0.2, 0) is 0 Å². The van der Waals surface area contributed by atoms with E-state index in [2.05, 4.69) is 10.00 Å². The number of carbonyl (C=O) groups is 1. The molecular formula is C18H23FN4O. The van der Waals surface area contributed by atoms with Crippen LogP contribution in [0.3, 0.4) is 0 Å². The van der Waals surface area contributed by atoms with Crippen molar-refractivity contribution in [1.82, 2.24) is 14.7 Å². The number of hydrogen-bond donors (Lipinski definition) is 1. The normalized spacial score (nSPS) is 23.1. The summed E-state index contributed by atoms with van der Waals surface area (Å²) in [4.78, 5) is 14.1. The van der Waals surface area contributed by atoms with E-state index in [0.29, 0.717) is 16.9 Å². The standard InChI is InChI=1S/C18H23FN4O/c19-13-8-12-10-23(21-17(12)16(9-13)18(20)24)15-6-7-22(11-15)14-4-2-1-3-5-14/h8-10,14-15H,1-7,11H2,(H2,20,24). The maximum atomic E-state index is 13.7. The SMILES string of the molecule is NC(=O)c1cc(F)cc2cn(C3CCN(C4CCCCC4)C3)nc12. The summed E-state index contributed by atoms with van der Waals surface area (Å²) in [6, 6.07) is 3.57. The molecule has 128 valence electrons. The number of nitrogens with two attached hydrogens (primary N) is 1. The molecule has 6 heteroatoms. The van der Waals surface area contributed by atoms with E-state index in [1.165, 1.54) is 44.2 Å². The van der Waals surface area contributed by atoms with Crippen LogP contribution < -0.4 is 5.73 Å². The molecule has 24 heavy (non-hydrogen) atoms. The van der Waals surface area contributed by atoms with Crippen molar-refractivity contribution in [3.05, 3.63) is 29.7 Å². The first-order chi connectivity index (χ1) is 11.6. The predicted molar refractivity (Wildman–Crippen MR) is 90.3 cm³/mol. The lowest BCUT2D eigenvalue weighted by atomic mass is 9.94. The van der Waals surface area contributed by atoms with Gasteiger partial charge in [-0.05, 0) is 31.4 Å². The average molecular weight is 330 g/mol. The maximum Gasteiger partial charge on any atom is 0.251 e. The molecule has 5 nitrogen and oxygen atoms in total. The largest absolute Gasteiger partial charge is 0.366 e. The van der Waals surface area contributed by atoms with Crippen LogP contribution in [0.2, 0.25) is 0 Å². The van der Waals surface area contributed by atoms with Crippen LogP contribution in [0.15, 0.2) is 18.3 Å². The van der Waals surface area contributed by atoms with Crippen molar-refractivity contribution < 1.29 is 9.18 Å². The van der Waals surface area contributed by atoms with Crippen molar-refractivity contribution in [1.29, 1.82) is 0 Å². The molecule has 2 N–H and O–H groups in total. The lowest BCUT2D eigenvalue weighted by Crippen LogP contribution is -2.35. The summed E-state index contributed by atoms with van der Waals surface area (Å²) in [5.74, 6) is -1.09. The molecule has 2 heterocycles. The van der Waals surface area contributed by atoms with Gasteiger partial charge in [-0.15, -0.1) is 0 Å². The summed E-state index contributed by atoms with van der Waals surface area (Å²) < 4.78 is 15.6. The average Bonchev–Trinajstić information content (AvgIpc) is 3.21. The van der Waals surface area contributed by atoms with E-state index in [1.54, 1.807) is 0 Å². The van der Waals surface area contributed by atoms with Gasteiger partial charge in [0, 0.05) is 30.7 Å². The molecule has 1 amide bonds. The summed E-state index contributed by atoms with van der Waals surface area (Å²) in [7, 11) is 0. The third kappa shape index (κ3) is 2.79. The van der Waals surface area contributed by atoms with E-state index in [-0.39, 0.29) is 11.6 Å². The number of amides is 1. The minimum atomic E-state index is -0.639. The van der Waals surface area contributed by atoms with Crippen molar-refractivity contribution in [3.63, 3.8) is 0 Å². The molecule has 0 bridgehead atoms. The highest BCUT2D eigenvalue weighted by molar-refractivity contribution is 6.04. The Morgan fingerprint density at radius 3 is 2.71 bits per heavy atom. The predicted octanol–water partition coefficient (Wildman–Crippen LogP) is 2.85. The molecular weight excluding hydrogens is 307 g/mol. The number of fused-ring (bicyclic) bond motifs is 1. The first kappa shape index (κ1) is 15.6. The molecule has 1 aliphatic carbocycles. The number of carbonyl (C=O) groups excluding carboxylic acids is 1. The Morgan fingerprint density at radius 2 is 1.96 bits per heavy atom. The third-order valence-corrected chi connectivity index (χ3v) is 5.52. The van der Waals surface area contributed by atoms with Crippen molar-refractivity contribution in [2.45, 2.75) is 50.6 Å². The Hall–Kier alpha value is -1.95. The smallest absolute Gasteiger partial charge is 0.251 e. The van der Waals surface area contributed by atoms with E-state index in [9.17, 15) is 9.18 Å². The molecule has 0 radical (unpaired) electrons. The number of nitrogens with zero attached hydrogens (tertiary/aromatic N) is 3. The van der Waals surface area contributed by atoms with Gasteiger partial charge >= 0.3 is 0 Å². The van der Waals surface area contributed by atoms with Gasteiger partial charge in [-0.25, -0.2) is 4.39 Å². The van der Waals surface area contributed by atoms with Gasteiger partial charge in [0.15, 0.2) is 0 Å². The number of halogens is 1. The van der Waals surface area contributed by atoms with Gasteiger partial charge in [-0.3, -0.25) is 14.4 Å². The minimum absolute atomic E-state index is 0.158. The van der Waals surface area contributed by atoms with Crippen molar-refractivity contribution in [3.8, 4) is 0 Å². The fourth-order valence-corrected chi connectivity index (χ4v) is 4.25. The van der Waals surface area contributed by atoms with Crippen LogP contribution in [0.1, 0.15) is 54.9 Å². The first-order valence-corrected chi connectivity index (χ1v) is 8.84. The Morgan fingerprint density at radius 1 is 1.17 bits per heavy atom. The molecule has 1 aliphatic heterocycles. The Kier molecular flexibility index (Phi) is 4.00. The number of likely N-dealkylation sites (tertiary alicyclic amines) is 1. The molecule has 1 unspecified atom stereocenters. The van der Waals surface area contributed by atoms with Gasteiger partial charge in [0.05, 0.1) is 11.6 Å². The molecule has 4 rings (SSSR count). The van der Waals surface area contributed by atoms with E-state index in [1.807, 2.05) is 10.9 Å². The maximum absolute atomic E-state index is 13.7. The highest BCUT2D eigenvalue weighted by Crippen LogP contribution is 2.30. The highest BCUT2D eigenvalue weighted by atomic mass is 19.1. The molecule has 0 spiro atoms. The lowest BCUT2D eigenvalue weighted by Gasteiger charge is -2.30. The zero-order chi connectivity index (χ0) is 16.7. The second-order valence-corrected chi connectivity index (χ2v) is 7.09. The molecule has 1 aromatic carbocycles. The van der Waals surface area contributed by atoms with Gasteiger partial charge < -0.3 is 5.73 Å². The Bertz CT molecular complexity index is 766. The molecule has 1 saturated carbocycles. The van der Waals surface area contributed by atoms with Crippen LogP contribution in [0.25, 0.3) is 10.9 Å². The van der Waals surface area contributed by atoms with Gasteiger partial charge in [0.2, 0.25) is 0 Å². The van der Waals surface area contributed by atoms with E-state index in [0.717, 1.165) is 19.5 Å². The second kappa shape index (κ2) is 6.16. The van der Waals surface area contributed by atoms with Gasteiger partial charge in [-0.2, -0.15) is 5.10 Å². The highest BCUT2D eigenvalue weighted by Gasteiger charge is 2.30. The van der Waals surface area contributed by atoms with Crippen LogP contribution in [0, 0.1) is 5.82 Å². The first-order valence-electron chi connectivity index (χ1n) is 8.84. The number of primary amides is 1. The molecule has 2 aromatic rings. The zero-order valence-corrected chi connectivity index (χ0v) is 13.7. The fourth-order valence-electron chi connectivity index (χ4n) is 4.25.